The predicted octanol–water partition coefficient (Wildman–Crippen LogP) is 9.76. The molecule has 42 heavy (non-hydrogen) atoms. The van der Waals surface area contributed by atoms with Crippen LogP contribution in [-0.2, 0) is 0 Å². The van der Waals surface area contributed by atoms with E-state index in [9.17, 15) is 10.5 Å². The van der Waals surface area contributed by atoms with E-state index in [-0.39, 0.29) is 0 Å². The highest BCUT2D eigenvalue weighted by Crippen LogP contribution is 2.41. The van der Waals surface area contributed by atoms with E-state index in [1.54, 1.807) is 18.2 Å². The molecule has 0 N–H and O–H groups in total. The summed E-state index contributed by atoms with van der Waals surface area (Å²) in [7, 11) is 0. The number of para-hydroxylation sites is 3. The average Bonchev–Trinajstić information content (AvgIpc) is 3.59. The molecule has 0 aliphatic rings. The average molecular weight is 536 g/mol. The van der Waals surface area contributed by atoms with Crippen LogP contribution in [-0.4, -0.2) is 4.57 Å². The summed E-state index contributed by atoms with van der Waals surface area (Å²) in [5.74, 6) is 0. The van der Waals surface area contributed by atoms with Crippen LogP contribution in [0.1, 0.15) is 11.1 Å². The molecule has 4 heteroatoms. The molecule has 0 fully saturated rings. The Morgan fingerprint density at radius 3 is 2.00 bits per heavy atom. The monoisotopic (exact) mass is 535 g/mol. The smallest absolute Gasteiger partial charge is 0.135 e. The zero-order valence-electron chi connectivity index (χ0n) is 22.4. The number of rotatable bonds is 3. The van der Waals surface area contributed by atoms with Gasteiger partial charge in [-0.05, 0) is 65.7 Å². The van der Waals surface area contributed by atoms with Gasteiger partial charge >= 0.3 is 0 Å². The van der Waals surface area contributed by atoms with Crippen molar-refractivity contribution in [3.63, 3.8) is 0 Å². The molecule has 2 heterocycles. The van der Waals surface area contributed by atoms with E-state index in [1.165, 1.54) is 0 Å². The zero-order valence-corrected chi connectivity index (χ0v) is 22.4. The number of nitrogens with zero attached hydrogens (tertiary/aromatic N) is 3. The molecule has 8 aromatic rings. The van der Waals surface area contributed by atoms with Crippen LogP contribution in [0.5, 0.6) is 0 Å². The van der Waals surface area contributed by atoms with E-state index in [0.29, 0.717) is 16.7 Å². The molecular formula is C38H21N3O. The third kappa shape index (κ3) is 3.47. The summed E-state index contributed by atoms with van der Waals surface area (Å²) in [6.45, 7) is 0. The topological polar surface area (TPSA) is 65.7 Å². The van der Waals surface area contributed by atoms with Crippen LogP contribution in [0.2, 0.25) is 0 Å². The van der Waals surface area contributed by atoms with E-state index >= 15 is 0 Å². The Morgan fingerprint density at radius 2 is 1.19 bits per heavy atom. The van der Waals surface area contributed by atoms with Crippen molar-refractivity contribution in [1.82, 2.24) is 4.57 Å². The van der Waals surface area contributed by atoms with Crippen molar-refractivity contribution in [1.29, 1.82) is 10.5 Å². The SMILES string of the molecule is N#Cc1cccc(C#N)c1-c1ccc2c(c1)c1cccc(-c3ccc4oc5ccccc5c4c3)c1n2-c1ccccc1. The Balaban J connectivity index is 1.46. The maximum Gasteiger partial charge on any atom is 0.135 e. The fraction of sp³-hybridized carbons (Fsp3) is 0. The van der Waals surface area contributed by atoms with Gasteiger partial charge in [0.1, 0.15) is 11.2 Å². The minimum atomic E-state index is 0.488. The van der Waals surface area contributed by atoms with Gasteiger partial charge < -0.3 is 8.98 Å². The number of nitriles is 2. The van der Waals surface area contributed by atoms with E-state index in [4.69, 9.17) is 4.42 Å². The van der Waals surface area contributed by atoms with Crippen molar-refractivity contribution in [2.75, 3.05) is 0 Å². The third-order valence-corrected chi connectivity index (χ3v) is 8.08. The van der Waals surface area contributed by atoms with Crippen molar-refractivity contribution >= 4 is 43.7 Å². The Kier molecular flexibility index (Phi) is 5.22. The lowest BCUT2D eigenvalue weighted by Gasteiger charge is -2.12. The second kappa shape index (κ2) is 9.24. The first-order chi connectivity index (χ1) is 20.7. The number of hydrogen-bond donors (Lipinski definition) is 0. The summed E-state index contributed by atoms with van der Waals surface area (Å²) in [5.41, 5.74) is 9.64. The lowest BCUT2D eigenvalue weighted by molar-refractivity contribution is 0.669. The van der Waals surface area contributed by atoms with Gasteiger partial charge in [-0.25, -0.2) is 0 Å². The summed E-state index contributed by atoms with van der Waals surface area (Å²) in [6.07, 6.45) is 0. The Bertz CT molecular complexity index is 2400. The molecule has 8 rings (SSSR count). The molecule has 194 valence electrons. The highest BCUT2D eigenvalue weighted by atomic mass is 16.3. The molecule has 0 amide bonds. The molecule has 2 aromatic heterocycles. The Hall–Kier alpha value is -6.10. The summed E-state index contributed by atoms with van der Waals surface area (Å²) in [4.78, 5) is 0. The number of hydrogen-bond acceptors (Lipinski definition) is 3. The van der Waals surface area contributed by atoms with Gasteiger partial charge in [0.05, 0.1) is 34.3 Å². The number of fused-ring (bicyclic) bond motifs is 6. The molecule has 0 saturated heterocycles. The molecule has 0 atom stereocenters. The second-order valence-corrected chi connectivity index (χ2v) is 10.4. The van der Waals surface area contributed by atoms with Crippen LogP contribution < -0.4 is 0 Å². The van der Waals surface area contributed by atoms with Crippen molar-refractivity contribution in [2.24, 2.45) is 0 Å². The maximum absolute atomic E-state index is 9.86. The van der Waals surface area contributed by atoms with Crippen molar-refractivity contribution < 1.29 is 4.42 Å². The predicted molar refractivity (Wildman–Crippen MR) is 168 cm³/mol. The molecule has 4 nitrogen and oxygen atoms in total. The van der Waals surface area contributed by atoms with Crippen molar-refractivity contribution in [2.45, 2.75) is 0 Å². The molecule has 0 aliphatic carbocycles. The van der Waals surface area contributed by atoms with Gasteiger partial charge in [0, 0.05) is 38.4 Å². The highest BCUT2D eigenvalue weighted by Gasteiger charge is 2.19. The van der Waals surface area contributed by atoms with Crippen LogP contribution in [0.15, 0.2) is 132 Å². The van der Waals surface area contributed by atoms with Gasteiger partial charge in [-0.3, -0.25) is 0 Å². The van der Waals surface area contributed by atoms with Gasteiger partial charge in [-0.1, -0.05) is 72.8 Å². The summed E-state index contributed by atoms with van der Waals surface area (Å²) >= 11 is 0. The second-order valence-electron chi connectivity index (χ2n) is 10.4. The van der Waals surface area contributed by atoms with Gasteiger partial charge in [0.25, 0.3) is 0 Å². The lowest BCUT2D eigenvalue weighted by Crippen LogP contribution is -1.95. The van der Waals surface area contributed by atoms with E-state index < -0.39 is 0 Å². The number of furan rings is 1. The van der Waals surface area contributed by atoms with Crippen LogP contribution in [0, 0.1) is 22.7 Å². The summed E-state index contributed by atoms with van der Waals surface area (Å²) in [6, 6.07) is 47.4. The van der Waals surface area contributed by atoms with Crippen LogP contribution in [0.4, 0.5) is 0 Å². The van der Waals surface area contributed by atoms with E-state index in [1.807, 2.05) is 30.3 Å². The van der Waals surface area contributed by atoms with Gasteiger partial charge in [-0.15, -0.1) is 0 Å². The minimum Gasteiger partial charge on any atom is -0.456 e. The number of benzene rings is 6. The van der Waals surface area contributed by atoms with Crippen molar-refractivity contribution in [3.05, 3.63) is 139 Å². The third-order valence-electron chi connectivity index (χ3n) is 8.08. The number of aromatic nitrogens is 1. The largest absolute Gasteiger partial charge is 0.456 e. The lowest BCUT2D eigenvalue weighted by atomic mass is 9.94. The standard InChI is InChI=1S/C38H21N3O/c39-22-26-8-6-9-27(23-40)37(26)25-16-18-34-32(21-25)31-14-7-13-29(38(31)41(34)28-10-2-1-3-11-28)24-17-19-36-33(20-24)30-12-4-5-15-35(30)42-36/h1-21H. The normalized spacial score (nSPS) is 11.3. The molecule has 6 aromatic carbocycles. The molecule has 0 unspecified atom stereocenters. The Morgan fingerprint density at radius 1 is 0.524 bits per heavy atom. The summed E-state index contributed by atoms with van der Waals surface area (Å²) < 4.78 is 8.42. The first kappa shape index (κ1) is 23.8. The zero-order chi connectivity index (χ0) is 28.2. The molecule has 0 bridgehead atoms. The quantitative estimate of drug-likeness (QED) is 0.226. The highest BCUT2D eigenvalue weighted by molar-refractivity contribution is 6.15. The van der Waals surface area contributed by atoms with Gasteiger partial charge in [0.15, 0.2) is 0 Å². The first-order valence-electron chi connectivity index (χ1n) is 13.7. The Labute approximate surface area is 241 Å². The summed E-state index contributed by atoms with van der Waals surface area (Å²) in [5, 5.41) is 24.0. The molecule has 0 aliphatic heterocycles. The first-order valence-corrected chi connectivity index (χ1v) is 13.7. The molecule has 0 spiro atoms. The van der Waals surface area contributed by atoms with Gasteiger partial charge in [0.2, 0.25) is 0 Å². The van der Waals surface area contributed by atoms with Crippen LogP contribution >= 0.6 is 0 Å². The van der Waals surface area contributed by atoms with E-state index in [0.717, 1.165) is 66.1 Å². The van der Waals surface area contributed by atoms with E-state index in [2.05, 4.69) is 95.6 Å². The fourth-order valence-electron chi connectivity index (χ4n) is 6.25. The van der Waals surface area contributed by atoms with Crippen LogP contribution in [0.3, 0.4) is 0 Å². The maximum atomic E-state index is 9.86. The van der Waals surface area contributed by atoms with Crippen molar-refractivity contribution in [3.8, 4) is 40.1 Å². The van der Waals surface area contributed by atoms with Gasteiger partial charge in [-0.2, -0.15) is 10.5 Å². The fourth-order valence-corrected chi connectivity index (χ4v) is 6.25. The molecule has 0 radical (unpaired) electrons. The minimum absolute atomic E-state index is 0.488. The van der Waals surface area contributed by atoms with Crippen LogP contribution in [0.25, 0.3) is 71.7 Å². The molecule has 0 saturated carbocycles. The molecular weight excluding hydrogens is 514 g/mol.